The zero-order valence-corrected chi connectivity index (χ0v) is 31.4. The number of benzene rings is 3. The molecule has 51 heavy (non-hydrogen) atoms. The predicted octanol–water partition coefficient (Wildman–Crippen LogP) is 6.71. The topological polar surface area (TPSA) is 101 Å². The zero-order valence-electron chi connectivity index (χ0n) is 30.6. The summed E-state index contributed by atoms with van der Waals surface area (Å²) < 4.78 is 19.0. The van der Waals surface area contributed by atoms with Gasteiger partial charge in [-0.2, -0.15) is 0 Å². The van der Waals surface area contributed by atoms with E-state index in [0.29, 0.717) is 53.4 Å². The van der Waals surface area contributed by atoms with Gasteiger partial charge < -0.3 is 35.1 Å². The van der Waals surface area contributed by atoms with E-state index < -0.39 is 12.2 Å². The number of hydrogen-bond acceptors (Lipinski definition) is 7. The van der Waals surface area contributed by atoms with E-state index in [1.807, 2.05) is 36.4 Å². The van der Waals surface area contributed by atoms with Crippen molar-refractivity contribution in [3.8, 4) is 11.5 Å². The van der Waals surface area contributed by atoms with Crippen LogP contribution in [-0.2, 0) is 20.7 Å². The molecule has 0 saturated carbocycles. The summed E-state index contributed by atoms with van der Waals surface area (Å²) in [6.45, 7) is 11.5. The summed E-state index contributed by atoms with van der Waals surface area (Å²) >= 11 is 6.61. The molecule has 3 N–H and O–H groups in total. The average molecular weight is 719 g/mol. The van der Waals surface area contributed by atoms with Gasteiger partial charge in [-0.1, -0.05) is 74.8 Å². The lowest BCUT2D eigenvalue weighted by molar-refractivity contribution is -0.138. The molecule has 0 unspecified atom stereocenters. The van der Waals surface area contributed by atoms with Crippen LogP contribution >= 0.6 is 11.6 Å². The fourth-order valence-corrected chi connectivity index (χ4v) is 6.99. The van der Waals surface area contributed by atoms with Gasteiger partial charge in [-0.15, -0.1) is 0 Å². The van der Waals surface area contributed by atoms with E-state index in [4.69, 9.17) is 25.8 Å². The number of nitrogens with zero attached hydrogens (tertiary/aromatic N) is 1. The molecule has 0 spiro atoms. The molecule has 9 nitrogen and oxygen atoms in total. The Balaban J connectivity index is 1.33. The Morgan fingerprint density at radius 1 is 1.00 bits per heavy atom. The number of halogens is 1. The average Bonchev–Trinajstić information content (AvgIpc) is 3.22. The Morgan fingerprint density at radius 3 is 2.51 bits per heavy atom. The third-order valence-corrected chi connectivity index (χ3v) is 9.60. The molecule has 3 aromatic rings. The molecular weight excluding hydrogens is 664 g/mol. The largest absolute Gasteiger partial charge is 0.492 e. The van der Waals surface area contributed by atoms with Crippen molar-refractivity contribution in [3.63, 3.8) is 0 Å². The van der Waals surface area contributed by atoms with E-state index in [1.165, 1.54) is 5.56 Å². The first kappa shape index (κ1) is 38.6. The number of para-hydroxylation sites is 1. The maximum Gasteiger partial charge on any atom is 0.256 e. The molecule has 2 atom stereocenters. The number of fused-ring (bicyclic) bond motifs is 1. The quantitative estimate of drug-likeness (QED) is 0.142. The minimum absolute atomic E-state index is 0.0977. The Hall–Kier alpha value is -3.63. The lowest BCUT2D eigenvalue weighted by atomic mass is 9.94. The summed E-state index contributed by atoms with van der Waals surface area (Å²) in [5, 5.41) is 10.5. The van der Waals surface area contributed by atoms with Crippen molar-refractivity contribution < 1.29 is 23.8 Å². The molecule has 2 aliphatic heterocycles. The SMILES string of the molecule is COc1c(OCCCNCCCc2ccccc2)cccc1[C@@H]1O[C@@H](CC(=O)NCC2CCNCC2)C(=O)N(CC(C)(C)C)c2ccc(Cl)cc21. The van der Waals surface area contributed by atoms with Crippen LogP contribution in [0.4, 0.5) is 5.69 Å². The normalized spacial score (nSPS) is 18.2. The second kappa shape index (κ2) is 18.7. The predicted molar refractivity (Wildman–Crippen MR) is 204 cm³/mol. The van der Waals surface area contributed by atoms with Gasteiger partial charge in [0.15, 0.2) is 11.5 Å². The molecule has 0 bridgehead atoms. The van der Waals surface area contributed by atoms with E-state index in [-0.39, 0.29) is 23.7 Å². The summed E-state index contributed by atoms with van der Waals surface area (Å²) in [6, 6.07) is 21.7. The van der Waals surface area contributed by atoms with Gasteiger partial charge in [-0.3, -0.25) is 9.59 Å². The van der Waals surface area contributed by atoms with Gasteiger partial charge in [0, 0.05) is 34.9 Å². The Bertz CT molecular complexity index is 1570. The Labute approximate surface area is 308 Å². The van der Waals surface area contributed by atoms with E-state index >= 15 is 0 Å². The summed E-state index contributed by atoms with van der Waals surface area (Å²) in [4.78, 5) is 29.5. The van der Waals surface area contributed by atoms with Gasteiger partial charge in [0.1, 0.15) is 12.2 Å². The van der Waals surface area contributed by atoms with Crippen LogP contribution in [0.15, 0.2) is 66.7 Å². The molecule has 0 aliphatic carbocycles. The summed E-state index contributed by atoms with van der Waals surface area (Å²) in [5.41, 5.74) is 3.26. The Kier molecular flexibility index (Phi) is 14.2. The molecule has 276 valence electrons. The minimum atomic E-state index is -1.03. The number of amides is 2. The molecule has 0 radical (unpaired) electrons. The molecule has 2 heterocycles. The van der Waals surface area contributed by atoms with Crippen LogP contribution in [-0.4, -0.2) is 70.9 Å². The van der Waals surface area contributed by atoms with Gasteiger partial charge in [0.2, 0.25) is 5.91 Å². The highest BCUT2D eigenvalue weighted by molar-refractivity contribution is 6.30. The van der Waals surface area contributed by atoms with Crippen molar-refractivity contribution in [2.75, 3.05) is 57.9 Å². The van der Waals surface area contributed by atoms with Gasteiger partial charge in [0.05, 0.1) is 20.1 Å². The van der Waals surface area contributed by atoms with Crippen molar-refractivity contribution >= 4 is 29.1 Å². The number of nitrogens with one attached hydrogen (secondary N) is 3. The fourth-order valence-electron chi connectivity index (χ4n) is 6.81. The highest BCUT2D eigenvalue weighted by Gasteiger charge is 2.40. The van der Waals surface area contributed by atoms with Gasteiger partial charge in [0.25, 0.3) is 5.91 Å². The van der Waals surface area contributed by atoms with Crippen molar-refractivity contribution in [1.29, 1.82) is 0 Å². The Morgan fingerprint density at radius 2 is 1.76 bits per heavy atom. The molecule has 0 aromatic heterocycles. The van der Waals surface area contributed by atoms with Crippen molar-refractivity contribution in [2.24, 2.45) is 11.3 Å². The van der Waals surface area contributed by atoms with Gasteiger partial charge in [-0.25, -0.2) is 0 Å². The number of methoxy groups -OCH3 is 1. The lowest BCUT2D eigenvalue weighted by Crippen LogP contribution is -2.45. The minimum Gasteiger partial charge on any atom is -0.492 e. The summed E-state index contributed by atoms with van der Waals surface area (Å²) in [6.07, 6.45) is 3.10. The molecule has 1 saturated heterocycles. The number of carbonyl (C=O) groups excluding carboxylic acids is 2. The highest BCUT2D eigenvalue weighted by atomic mass is 35.5. The number of ether oxygens (including phenoxy) is 3. The van der Waals surface area contributed by atoms with Gasteiger partial charge >= 0.3 is 0 Å². The van der Waals surface area contributed by atoms with E-state index in [0.717, 1.165) is 63.8 Å². The maximum absolute atomic E-state index is 14.4. The van der Waals surface area contributed by atoms with E-state index in [1.54, 1.807) is 18.1 Å². The second-order valence-corrected chi connectivity index (χ2v) is 15.3. The fraction of sp³-hybridized carbons (Fsp3) is 0.512. The molecule has 1 fully saturated rings. The number of piperidine rings is 1. The first-order chi connectivity index (χ1) is 24.6. The van der Waals surface area contributed by atoms with Crippen LogP contribution < -0.4 is 30.3 Å². The molecule has 5 rings (SSSR count). The smallest absolute Gasteiger partial charge is 0.256 e. The standard InChI is InChI=1S/C41H55ClN4O5/c1-41(2,3)28-46-34-17-16-31(42)25-33(34)38(51-36(40(46)48)26-37(47)45-27-30-18-22-44-23-19-30)32-14-8-15-35(39(32)49-4)50-24-10-21-43-20-9-13-29-11-6-5-7-12-29/h5-8,11-12,14-17,25,30,36,38,43-44H,9-10,13,18-24,26-28H2,1-4H3,(H,45,47)/t36-,38-/m0/s1. The molecular formula is C41H55ClN4O5. The van der Waals surface area contributed by atoms with Crippen LogP contribution in [0.2, 0.25) is 5.02 Å². The molecule has 2 aliphatic rings. The molecule has 2 amide bonds. The molecule has 3 aromatic carbocycles. The van der Waals surface area contributed by atoms with Crippen LogP contribution in [0.25, 0.3) is 0 Å². The van der Waals surface area contributed by atoms with Crippen molar-refractivity contribution in [1.82, 2.24) is 16.0 Å². The summed E-state index contributed by atoms with van der Waals surface area (Å²) in [5.74, 6) is 1.07. The van der Waals surface area contributed by atoms with Crippen molar-refractivity contribution in [2.45, 2.75) is 71.5 Å². The van der Waals surface area contributed by atoms with Crippen LogP contribution in [0.1, 0.15) is 75.7 Å². The van der Waals surface area contributed by atoms with Crippen LogP contribution in [0, 0.1) is 11.3 Å². The third kappa shape index (κ3) is 11.2. The van der Waals surface area contributed by atoms with Crippen LogP contribution in [0.3, 0.4) is 0 Å². The van der Waals surface area contributed by atoms with E-state index in [2.05, 4.69) is 61.0 Å². The summed E-state index contributed by atoms with van der Waals surface area (Å²) in [7, 11) is 1.61. The number of aryl methyl sites for hydroxylation is 1. The van der Waals surface area contributed by atoms with Crippen molar-refractivity contribution in [3.05, 3.63) is 88.4 Å². The maximum atomic E-state index is 14.4. The number of anilines is 1. The highest BCUT2D eigenvalue weighted by Crippen LogP contribution is 2.45. The van der Waals surface area contributed by atoms with Crippen LogP contribution in [0.5, 0.6) is 11.5 Å². The second-order valence-electron chi connectivity index (χ2n) is 14.8. The zero-order chi connectivity index (χ0) is 36.2. The third-order valence-electron chi connectivity index (χ3n) is 9.37. The van der Waals surface area contributed by atoms with E-state index in [9.17, 15) is 9.59 Å². The number of hydrogen-bond donors (Lipinski definition) is 3. The lowest BCUT2D eigenvalue weighted by Gasteiger charge is -2.31. The number of carbonyl (C=O) groups is 2. The first-order valence-corrected chi connectivity index (χ1v) is 18.8. The first-order valence-electron chi connectivity index (χ1n) is 18.4. The van der Waals surface area contributed by atoms with Gasteiger partial charge in [-0.05, 0) is 99.4 Å². The monoisotopic (exact) mass is 718 g/mol. The molecule has 10 heteroatoms. The number of rotatable bonds is 16.